The van der Waals surface area contributed by atoms with Gasteiger partial charge in [0.1, 0.15) is 5.60 Å². The van der Waals surface area contributed by atoms with Crippen molar-refractivity contribution in [2.24, 2.45) is 0 Å². The normalized spacial score (nSPS) is 24.9. The van der Waals surface area contributed by atoms with E-state index in [2.05, 4.69) is 12.2 Å². The van der Waals surface area contributed by atoms with Crippen molar-refractivity contribution in [3.8, 4) is 0 Å². The summed E-state index contributed by atoms with van der Waals surface area (Å²) in [7, 11) is 0. The number of nitrogens with one attached hydrogen (secondary N) is 1. The molecule has 1 rings (SSSR count). The molecule has 0 bridgehead atoms. The second-order valence-corrected chi connectivity index (χ2v) is 6.69. The summed E-state index contributed by atoms with van der Waals surface area (Å²) in [6, 6.07) is 0.441. The molecule has 0 aromatic rings. The molecule has 0 spiro atoms. The van der Waals surface area contributed by atoms with Crippen molar-refractivity contribution in [3.05, 3.63) is 0 Å². The zero-order valence-corrected chi connectivity index (χ0v) is 12.6. The summed E-state index contributed by atoms with van der Waals surface area (Å²) < 4.78 is 10.8. The van der Waals surface area contributed by atoms with Crippen LogP contribution < -0.4 is 5.32 Å². The lowest BCUT2D eigenvalue weighted by molar-refractivity contribution is -0.151. The molecule has 0 aliphatic carbocycles. The Balaban J connectivity index is 2.33. The molecule has 18 heavy (non-hydrogen) atoms. The molecule has 2 unspecified atom stereocenters. The second kappa shape index (κ2) is 7.36. The Hall–Kier alpha value is -0.260. The summed E-state index contributed by atoms with van der Waals surface area (Å²) >= 11 is 1.63. The van der Waals surface area contributed by atoms with Gasteiger partial charge in [0, 0.05) is 17.9 Å². The van der Waals surface area contributed by atoms with Crippen molar-refractivity contribution in [1.29, 1.82) is 0 Å². The number of ether oxygens (including phenoxy) is 2. The van der Waals surface area contributed by atoms with Gasteiger partial charge in [-0.15, -0.1) is 11.8 Å². The van der Waals surface area contributed by atoms with Crippen molar-refractivity contribution in [2.45, 2.75) is 51.0 Å². The monoisotopic (exact) mass is 275 g/mol. The summed E-state index contributed by atoms with van der Waals surface area (Å²) in [4.78, 5) is 11.7. The van der Waals surface area contributed by atoms with E-state index >= 15 is 0 Å². The molecule has 0 aromatic carbocycles. The quantitative estimate of drug-likeness (QED) is 0.776. The van der Waals surface area contributed by atoms with Crippen molar-refractivity contribution in [1.82, 2.24) is 5.32 Å². The van der Waals surface area contributed by atoms with Gasteiger partial charge in [0.05, 0.1) is 12.4 Å². The van der Waals surface area contributed by atoms with Crippen molar-refractivity contribution >= 4 is 17.7 Å². The van der Waals surface area contributed by atoms with Gasteiger partial charge in [-0.3, -0.25) is 4.79 Å². The Labute approximate surface area is 114 Å². The molecule has 1 aliphatic heterocycles. The van der Waals surface area contributed by atoms with Crippen LogP contribution >= 0.6 is 11.8 Å². The van der Waals surface area contributed by atoms with E-state index < -0.39 is 5.60 Å². The third-order valence-corrected chi connectivity index (χ3v) is 3.90. The Kier molecular flexibility index (Phi) is 6.46. The molecule has 0 aromatic heterocycles. The number of carbonyl (C=O) groups excluding carboxylic acids is 1. The van der Waals surface area contributed by atoms with Gasteiger partial charge >= 0.3 is 5.97 Å². The van der Waals surface area contributed by atoms with Crippen LogP contribution in [0.4, 0.5) is 0 Å². The van der Waals surface area contributed by atoms with Crippen LogP contribution in [-0.2, 0) is 14.3 Å². The highest BCUT2D eigenvalue weighted by Gasteiger charge is 2.27. The fraction of sp³-hybridized carbons (Fsp3) is 0.923. The molecule has 1 N–H and O–H groups in total. The van der Waals surface area contributed by atoms with Crippen LogP contribution in [0.2, 0.25) is 0 Å². The van der Waals surface area contributed by atoms with Crippen molar-refractivity contribution in [3.63, 3.8) is 0 Å². The number of hydrogen-bond donors (Lipinski definition) is 1. The molecule has 4 nitrogen and oxygen atoms in total. The minimum atomic E-state index is -0.401. The highest BCUT2D eigenvalue weighted by atomic mass is 32.2. The molecule has 0 radical (unpaired) electrons. The first-order chi connectivity index (χ1) is 8.42. The largest absolute Gasteiger partial charge is 0.459 e. The average Bonchev–Trinajstić information content (AvgIpc) is 2.26. The van der Waals surface area contributed by atoms with E-state index in [-0.39, 0.29) is 5.97 Å². The van der Waals surface area contributed by atoms with Gasteiger partial charge in [-0.2, -0.15) is 0 Å². The molecule has 1 saturated heterocycles. The van der Waals surface area contributed by atoms with Gasteiger partial charge in [-0.05, 0) is 33.7 Å². The van der Waals surface area contributed by atoms with Crippen LogP contribution in [0.1, 0.15) is 34.1 Å². The van der Waals surface area contributed by atoms with E-state index in [1.807, 2.05) is 20.8 Å². The smallest absolute Gasteiger partial charge is 0.316 e. The van der Waals surface area contributed by atoms with E-state index in [4.69, 9.17) is 9.47 Å². The first-order valence-electron chi connectivity index (χ1n) is 6.57. The van der Waals surface area contributed by atoms with Gasteiger partial charge in [0.2, 0.25) is 0 Å². The maximum Gasteiger partial charge on any atom is 0.316 e. The van der Waals surface area contributed by atoms with Crippen LogP contribution in [0.15, 0.2) is 0 Å². The minimum Gasteiger partial charge on any atom is -0.459 e. The first kappa shape index (κ1) is 15.8. The van der Waals surface area contributed by atoms with E-state index in [9.17, 15) is 4.79 Å². The van der Waals surface area contributed by atoms with E-state index in [1.165, 1.54) is 0 Å². The van der Waals surface area contributed by atoms with Gasteiger partial charge in [0.15, 0.2) is 0 Å². The summed E-state index contributed by atoms with van der Waals surface area (Å²) in [5, 5.41) is 3.79. The molecular weight excluding hydrogens is 250 g/mol. The molecule has 1 heterocycles. The second-order valence-electron chi connectivity index (χ2n) is 5.46. The molecule has 1 aliphatic rings. The van der Waals surface area contributed by atoms with Gasteiger partial charge < -0.3 is 14.8 Å². The van der Waals surface area contributed by atoms with E-state index in [0.29, 0.717) is 23.7 Å². The Morgan fingerprint density at radius 1 is 1.50 bits per heavy atom. The van der Waals surface area contributed by atoms with Gasteiger partial charge in [-0.1, -0.05) is 6.92 Å². The number of carbonyl (C=O) groups is 1. The van der Waals surface area contributed by atoms with Crippen LogP contribution in [0.3, 0.4) is 0 Å². The fourth-order valence-electron chi connectivity index (χ4n) is 1.92. The lowest BCUT2D eigenvalue weighted by atomic mass is 10.1. The molecule has 1 fully saturated rings. The van der Waals surface area contributed by atoms with Crippen LogP contribution in [0.25, 0.3) is 0 Å². The minimum absolute atomic E-state index is 0.145. The zero-order valence-electron chi connectivity index (χ0n) is 11.8. The molecule has 2 atom stereocenters. The first-order valence-corrected chi connectivity index (χ1v) is 7.62. The standard InChI is InChI=1S/C13H25NO3S/c1-5-14-10-6-7-16-8-11(10)18-9-12(15)17-13(2,3)4/h10-11,14H,5-9H2,1-4H3. The summed E-state index contributed by atoms with van der Waals surface area (Å²) in [5.74, 6) is 0.251. The van der Waals surface area contributed by atoms with Crippen LogP contribution in [0, 0.1) is 0 Å². The molecule has 0 amide bonds. The Bertz CT molecular complexity index is 263. The van der Waals surface area contributed by atoms with Crippen molar-refractivity contribution in [2.75, 3.05) is 25.5 Å². The summed E-state index contributed by atoms with van der Waals surface area (Å²) in [6.45, 7) is 10.2. The fourth-order valence-corrected chi connectivity index (χ4v) is 2.98. The third-order valence-electron chi connectivity index (χ3n) is 2.61. The lowest BCUT2D eigenvalue weighted by Crippen LogP contribution is -2.45. The van der Waals surface area contributed by atoms with E-state index in [0.717, 1.165) is 19.6 Å². The highest BCUT2D eigenvalue weighted by Crippen LogP contribution is 2.22. The third kappa shape index (κ3) is 6.07. The summed E-state index contributed by atoms with van der Waals surface area (Å²) in [5.41, 5.74) is -0.401. The Morgan fingerprint density at radius 3 is 2.83 bits per heavy atom. The van der Waals surface area contributed by atoms with Gasteiger partial charge in [0.25, 0.3) is 0 Å². The zero-order chi connectivity index (χ0) is 13.6. The molecule has 106 valence electrons. The highest BCUT2D eigenvalue weighted by molar-refractivity contribution is 8.00. The number of thioether (sulfide) groups is 1. The number of esters is 1. The average molecular weight is 275 g/mol. The maximum absolute atomic E-state index is 11.7. The predicted octanol–water partition coefficient (Wildman–Crippen LogP) is 1.83. The van der Waals surface area contributed by atoms with E-state index in [1.54, 1.807) is 11.8 Å². The molecule has 0 saturated carbocycles. The van der Waals surface area contributed by atoms with Crippen LogP contribution in [-0.4, -0.2) is 48.4 Å². The predicted molar refractivity (Wildman–Crippen MR) is 75.0 cm³/mol. The van der Waals surface area contributed by atoms with Gasteiger partial charge in [-0.25, -0.2) is 0 Å². The SMILES string of the molecule is CCNC1CCOCC1SCC(=O)OC(C)(C)C. The maximum atomic E-state index is 11.7. The number of hydrogen-bond acceptors (Lipinski definition) is 5. The lowest BCUT2D eigenvalue weighted by Gasteiger charge is -2.31. The Morgan fingerprint density at radius 2 is 2.22 bits per heavy atom. The van der Waals surface area contributed by atoms with Crippen molar-refractivity contribution < 1.29 is 14.3 Å². The topological polar surface area (TPSA) is 47.6 Å². The molecular formula is C13H25NO3S. The van der Waals surface area contributed by atoms with Crippen LogP contribution in [0.5, 0.6) is 0 Å². The summed E-state index contributed by atoms with van der Waals surface area (Å²) in [6.07, 6.45) is 1.01. The number of rotatable bonds is 5. The molecule has 5 heteroatoms.